The van der Waals surface area contributed by atoms with Gasteiger partial charge in [-0.25, -0.2) is 13.1 Å². The van der Waals surface area contributed by atoms with E-state index in [1.807, 2.05) is 0 Å². The van der Waals surface area contributed by atoms with Gasteiger partial charge in [-0.2, -0.15) is 0 Å². The van der Waals surface area contributed by atoms with Crippen molar-refractivity contribution in [2.24, 2.45) is 5.92 Å². The van der Waals surface area contributed by atoms with Gasteiger partial charge in [0.2, 0.25) is 10.0 Å². The topological polar surface area (TPSA) is 58.6 Å². The smallest absolute Gasteiger partial charge is 0.240 e. The molecule has 1 aliphatic rings. The number of benzene rings is 1. The summed E-state index contributed by atoms with van der Waals surface area (Å²) in [5, 5.41) is 0.291. The fourth-order valence-electron chi connectivity index (χ4n) is 2.39. The number of sulfonamides is 1. The molecule has 0 atom stereocenters. The van der Waals surface area contributed by atoms with Crippen molar-refractivity contribution in [1.82, 2.24) is 9.62 Å². The first-order valence-electron chi connectivity index (χ1n) is 6.94. The van der Waals surface area contributed by atoms with Crippen molar-refractivity contribution in [2.45, 2.75) is 17.7 Å². The van der Waals surface area contributed by atoms with E-state index in [9.17, 15) is 8.42 Å². The van der Waals surface area contributed by atoms with Crippen LogP contribution in [-0.4, -0.2) is 47.1 Å². The third kappa shape index (κ3) is 4.32. The molecule has 1 aromatic carbocycles. The minimum atomic E-state index is -3.52. The van der Waals surface area contributed by atoms with Crippen LogP contribution in [0.25, 0.3) is 0 Å². The van der Waals surface area contributed by atoms with E-state index >= 15 is 0 Å². The van der Waals surface area contributed by atoms with Gasteiger partial charge in [-0.3, -0.25) is 0 Å². The lowest BCUT2D eigenvalue weighted by molar-refractivity contribution is 0.220. The Kier molecular flexibility index (Phi) is 5.48. The van der Waals surface area contributed by atoms with Crippen molar-refractivity contribution in [3.05, 3.63) is 23.2 Å². The molecule has 7 heteroatoms. The van der Waals surface area contributed by atoms with Crippen LogP contribution < -0.4 is 9.46 Å². The molecule has 118 valence electrons. The van der Waals surface area contributed by atoms with Gasteiger partial charge < -0.3 is 9.64 Å². The van der Waals surface area contributed by atoms with Crippen LogP contribution >= 0.6 is 11.6 Å². The zero-order chi connectivity index (χ0) is 15.5. The maximum Gasteiger partial charge on any atom is 0.240 e. The molecule has 0 radical (unpaired) electrons. The van der Waals surface area contributed by atoms with Crippen molar-refractivity contribution < 1.29 is 13.2 Å². The van der Waals surface area contributed by atoms with Crippen molar-refractivity contribution in [2.75, 3.05) is 33.8 Å². The third-order valence-electron chi connectivity index (χ3n) is 3.83. The predicted molar refractivity (Wildman–Crippen MR) is 83.4 cm³/mol. The first-order valence-corrected chi connectivity index (χ1v) is 8.80. The predicted octanol–water partition coefficient (Wildman–Crippen LogP) is 1.97. The van der Waals surface area contributed by atoms with E-state index in [4.69, 9.17) is 16.3 Å². The minimum Gasteiger partial charge on any atom is -0.495 e. The summed E-state index contributed by atoms with van der Waals surface area (Å²) in [6.07, 6.45) is 2.03. The van der Waals surface area contributed by atoms with Gasteiger partial charge in [0.15, 0.2) is 0 Å². The molecular formula is C14H21ClN2O3S. The molecule has 0 aliphatic carbocycles. The summed E-state index contributed by atoms with van der Waals surface area (Å²) in [5.41, 5.74) is 0. The highest BCUT2D eigenvalue weighted by atomic mass is 35.5. The van der Waals surface area contributed by atoms with Gasteiger partial charge in [0, 0.05) is 6.54 Å². The molecule has 0 unspecified atom stereocenters. The van der Waals surface area contributed by atoms with Crippen LogP contribution in [0, 0.1) is 5.92 Å². The van der Waals surface area contributed by atoms with E-state index in [-0.39, 0.29) is 4.90 Å². The summed E-state index contributed by atoms with van der Waals surface area (Å²) in [4.78, 5) is 2.43. The number of ether oxygens (including phenoxy) is 1. The van der Waals surface area contributed by atoms with Gasteiger partial charge in [-0.05, 0) is 57.1 Å². The molecule has 0 amide bonds. The van der Waals surface area contributed by atoms with Gasteiger partial charge in [0.1, 0.15) is 5.75 Å². The van der Waals surface area contributed by atoms with Crippen LogP contribution in [-0.2, 0) is 10.0 Å². The highest BCUT2D eigenvalue weighted by molar-refractivity contribution is 7.89. The number of hydrogen-bond acceptors (Lipinski definition) is 4. The first-order chi connectivity index (χ1) is 9.92. The lowest BCUT2D eigenvalue weighted by Crippen LogP contribution is -2.36. The Morgan fingerprint density at radius 3 is 2.62 bits per heavy atom. The SMILES string of the molecule is COc1ccc(S(=O)(=O)NCC2CCN(C)CC2)cc1Cl. The number of rotatable bonds is 5. The standard InChI is InChI=1S/C14H21ClN2O3S/c1-17-7-5-11(6-8-17)10-16-21(18,19)12-3-4-14(20-2)13(15)9-12/h3-4,9,11,16H,5-8,10H2,1-2H3. The molecule has 0 aromatic heterocycles. The van der Waals surface area contributed by atoms with Gasteiger partial charge in [-0.1, -0.05) is 11.6 Å². The second-order valence-electron chi connectivity index (χ2n) is 5.39. The number of methoxy groups -OCH3 is 1. The fourth-order valence-corrected chi connectivity index (χ4v) is 3.86. The Morgan fingerprint density at radius 2 is 2.05 bits per heavy atom. The summed E-state index contributed by atoms with van der Waals surface area (Å²) in [7, 11) is 0.0526. The molecule has 5 nitrogen and oxygen atoms in total. The molecule has 21 heavy (non-hydrogen) atoms. The summed E-state index contributed by atoms with van der Waals surface area (Å²) >= 11 is 5.98. The number of hydrogen-bond donors (Lipinski definition) is 1. The Morgan fingerprint density at radius 1 is 1.38 bits per heavy atom. The monoisotopic (exact) mass is 332 g/mol. The second-order valence-corrected chi connectivity index (χ2v) is 7.57. The normalized spacial score (nSPS) is 17.9. The van der Waals surface area contributed by atoms with E-state index in [1.165, 1.54) is 19.2 Å². The number of likely N-dealkylation sites (tertiary alicyclic amines) is 1. The van der Waals surface area contributed by atoms with E-state index in [1.54, 1.807) is 6.07 Å². The van der Waals surface area contributed by atoms with Crippen LogP contribution in [0.1, 0.15) is 12.8 Å². The minimum absolute atomic E-state index is 0.168. The zero-order valence-electron chi connectivity index (χ0n) is 12.3. The van der Waals surface area contributed by atoms with E-state index in [0.29, 0.717) is 23.2 Å². The van der Waals surface area contributed by atoms with Crippen molar-refractivity contribution in [3.8, 4) is 5.75 Å². The summed E-state index contributed by atoms with van der Waals surface area (Å²) in [6, 6.07) is 4.48. The first kappa shape index (κ1) is 16.5. The zero-order valence-corrected chi connectivity index (χ0v) is 13.9. The summed E-state index contributed by atoms with van der Waals surface area (Å²) < 4.78 is 32.2. The van der Waals surface area contributed by atoms with Crippen LogP contribution in [0.3, 0.4) is 0 Å². The van der Waals surface area contributed by atoms with Gasteiger partial charge in [0.25, 0.3) is 0 Å². The largest absolute Gasteiger partial charge is 0.495 e. The highest BCUT2D eigenvalue weighted by Gasteiger charge is 2.21. The van der Waals surface area contributed by atoms with Crippen molar-refractivity contribution in [1.29, 1.82) is 0 Å². The summed E-state index contributed by atoms with van der Waals surface area (Å²) in [5.74, 6) is 0.857. The Labute approximate surface area is 131 Å². The third-order valence-corrected chi connectivity index (χ3v) is 5.55. The molecule has 0 bridgehead atoms. The molecule has 1 aliphatic heterocycles. The Balaban J connectivity index is 2.00. The fraction of sp³-hybridized carbons (Fsp3) is 0.571. The van der Waals surface area contributed by atoms with E-state index < -0.39 is 10.0 Å². The molecule has 1 fully saturated rings. The van der Waals surface area contributed by atoms with Crippen molar-refractivity contribution >= 4 is 21.6 Å². The van der Waals surface area contributed by atoms with E-state index in [0.717, 1.165) is 25.9 Å². The Hall–Kier alpha value is -0.820. The van der Waals surface area contributed by atoms with E-state index in [2.05, 4.69) is 16.7 Å². The summed E-state index contributed by atoms with van der Waals surface area (Å²) in [6.45, 7) is 2.50. The molecular weight excluding hydrogens is 312 g/mol. The van der Waals surface area contributed by atoms with Gasteiger partial charge in [-0.15, -0.1) is 0 Å². The maximum atomic E-state index is 12.3. The van der Waals surface area contributed by atoms with Crippen LogP contribution in [0.4, 0.5) is 0 Å². The van der Waals surface area contributed by atoms with Gasteiger partial charge >= 0.3 is 0 Å². The number of nitrogens with one attached hydrogen (secondary N) is 1. The second kappa shape index (κ2) is 6.96. The lowest BCUT2D eigenvalue weighted by atomic mass is 9.98. The molecule has 1 heterocycles. The number of halogens is 1. The number of piperidine rings is 1. The highest BCUT2D eigenvalue weighted by Crippen LogP contribution is 2.27. The lowest BCUT2D eigenvalue weighted by Gasteiger charge is -2.28. The van der Waals surface area contributed by atoms with Crippen LogP contribution in [0.15, 0.2) is 23.1 Å². The molecule has 1 saturated heterocycles. The molecule has 1 N–H and O–H groups in total. The average molecular weight is 333 g/mol. The number of nitrogens with zero attached hydrogens (tertiary/aromatic N) is 1. The molecule has 0 saturated carbocycles. The Bertz CT molecular complexity index is 584. The quantitative estimate of drug-likeness (QED) is 0.895. The maximum absolute atomic E-state index is 12.3. The molecule has 2 rings (SSSR count). The molecule has 1 aromatic rings. The average Bonchev–Trinajstić information content (AvgIpc) is 2.46. The van der Waals surface area contributed by atoms with Gasteiger partial charge in [0.05, 0.1) is 17.0 Å². The van der Waals surface area contributed by atoms with Crippen LogP contribution in [0.5, 0.6) is 5.75 Å². The van der Waals surface area contributed by atoms with Crippen LogP contribution in [0.2, 0.25) is 5.02 Å². The van der Waals surface area contributed by atoms with Crippen molar-refractivity contribution in [3.63, 3.8) is 0 Å². The molecule has 0 spiro atoms.